The van der Waals surface area contributed by atoms with E-state index in [1.165, 1.54) is 51.5 Å². The van der Waals surface area contributed by atoms with Crippen molar-refractivity contribution in [2.45, 2.75) is 23.1 Å². The van der Waals surface area contributed by atoms with Gasteiger partial charge in [-0.15, -0.1) is 21.5 Å². The van der Waals surface area contributed by atoms with Gasteiger partial charge >= 0.3 is 5.91 Å². The first-order valence-electron chi connectivity index (χ1n) is 12.0. The number of carbonyl (C=O) groups excluding carboxylic acids is 2. The number of aliphatic hydroxyl groups is 1. The normalized spacial score (nSPS) is 16.9. The van der Waals surface area contributed by atoms with Crippen LogP contribution in [0, 0.1) is 12.7 Å². The number of hydrogen-bond acceptors (Lipinski definition) is 8. The van der Waals surface area contributed by atoms with E-state index >= 15 is 0 Å². The number of carbonyl (C=O) groups is 2. The van der Waals surface area contributed by atoms with Gasteiger partial charge in [0, 0.05) is 16.2 Å². The van der Waals surface area contributed by atoms with Crippen LogP contribution >= 0.6 is 34.4 Å². The molecule has 1 aliphatic rings. The quantitative estimate of drug-likeness (QED) is 0.0766. The average Bonchev–Trinajstić information content (AvgIpc) is 3.69. The second-order valence-corrected chi connectivity index (χ2v) is 12.1. The maximum absolute atomic E-state index is 14.3. The number of aryl methyl sites for hydroxylation is 1. The Bertz CT molecular complexity index is 1760. The zero-order chi connectivity index (χ0) is 27.1. The van der Waals surface area contributed by atoms with Gasteiger partial charge in [-0.1, -0.05) is 83.8 Å². The number of Topliss-reactive ketones (excluding diaryl/α,β-unsaturated/α-hetero) is 1. The Hall–Kier alpha value is -3.86. The molecule has 0 aliphatic carbocycles. The van der Waals surface area contributed by atoms with Crippen molar-refractivity contribution in [3.63, 3.8) is 0 Å². The van der Waals surface area contributed by atoms with Gasteiger partial charge in [0.25, 0.3) is 5.78 Å². The van der Waals surface area contributed by atoms with Crippen molar-refractivity contribution < 1.29 is 19.1 Å². The molecule has 5 aromatic rings. The van der Waals surface area contributed by atoms with E-state index in [4.69, 9.17) is 0 Å². The van der Waals surface area contributed by atoms with Gasteiger partial charge in [-0.2, -0.15) is 0 Å². The number of fused-ring (bicyclic) bond motifs is 1. The van der Waals surface area contributed by atoms with Gasteiger partial charge in [-0.25, -0.2) is 4.39 Å². The largest absolute Gasteiger partial charge is 0.507 e. The van der Waals surface area contributed by atoms with Crippen molar-refractivity contribution in [1.82, 2.24) is 10.2 Å². The Morgan fingerprint density at radius 1 is 1.05 bits per heavy atom. The maximum atomic E-state index is 14.3. The van der Waals surface area contributed by atoms with Gasteiger partial charge in [0.15, 0.2) is 4.34 Å². The number of amides is 1. The number of aliphatic hydroxyl groups excluding tert-OH is 1. The predicted molar refractivity (Wildman–Crippen MR) is 154 cm³/mol. The molecule has 1 saturated heterocycles. The van der Waals surface area contributed by atoms with Crippen molar-refractivity contribution in [1.29, 1.82) is 0 Å². The highest BCUT2D eigenvalue weighted by atomic mass is 32.2. The Balaban J connectivity index is 1.35. The summed E-state index contributed by atoms with van der Waals surface area (Å²) >= 11 is 4.05. The highest BCUT2D eigenvalue weighted by molar-refractivity contribution is 8.00. The van der Waals surface area contributed by atoms with E-state index in [9.17, 15) is 19.1 Å². The zero-order valence-corrected chi connectivity index (χ0v) is 22.9. The molecule has 0 radical (unpaired) electrons. The molecule has 10 heteroatoms. The minimum atomic E-state index is -0.904. The molecule has 0 bridgehead atoms. The Morgan fingerprint density at radius 3 is 2.67 bits per heavy atom. The van der Waals surface area contributed by atoms with Crippen LogP contribution in [0.4, 0.5) is 9.52 Å². The van der Waals surface area contributed by atoms with Crippen LogP contribution in [0.1, 0.15) is 27.6 Å². The lowest BCUT2D eigenvalue weighted by Gasteiger charge is -2.20. The molecule has 1 amide bonds. The van der Waals surface area contributed by atoms with Crippen LogP contribution in [0.3, 0.4) is 0 Å². The molecule has 1 aliphatic heterocycles. The van der Waals surface area contributed by atoms with Gasteiger partial charge in [-0.05, 0) is 46.3 Å². The molecule has 6 rings (SSSR count). The number of hydrogen-bond donors (Lipinski definition) is 1. The highest BCUT2D eigenvalue weighted by Gasteiger charge is 2.48. The fourth-order valence-corrected chi connectivity index (χ4v) is 7.25. The first kappa shape index (κ1) is 25.4. The first-order chi connectivity index (χ1) is 18.9. The third-order valence-corrected chi connectivity index (χ3v) is 9.56. The van der Waals surface area contributed by atoms with E-state index in [0.29, 0.717) is 20.5 Å². The summed E-state index contributed by atoms with van der Waals surface area (Å²) in [5.41, 5.74) is 1.58. The van der Waals surface area contributed by atoms with E-state index in [-0.39, 0.29) is 16.3 Å². The Labute approximate surface area is 235 Å². The number of ketones is 1. The molecule has 0 spiro atoms. The molecule has 6 nitrogen and oxygen atoms in total. The summed E-state index contributed by atoms with van der Waals surface area (Å²) in [6.07, 6.45) is 0. The van der Waals surface area contributed by atoms with Gasteiger partial charge in [0.05, 0.1) is 5.57 Å². The van der Waals surface area contributed by atoms with Gasteiger partial charge in [0.2, 0.25) is 5.13 Å². The van der Waals surface area contributed by atoms with Crippen LogP contribution in [0.2, 0.25) is 0 Å². The smallest absolute Gasteiger partial charge is 0.301 e. The second-order valence-electron chi connectivity index (χ2n) is 8.93. The summed E-state index contributed by atoms with van der Waals surface area (Å²) in [6, 6.07) is 21.2. The fourth-order valence-electron chi connectivity index (χ4n) is 4.56. The summed E-state index contributed by atoms with van der Waals surface area (Å²) < 4.78 is 14.9. The lowest BCUT2D eigenvalue weighted by atomic mass is 9.99. The lowest BCUT2D eigenvalue weighted by Crippen LogP contribution is -2.29. The molecule has 1 atom stereocenters. The van der Waals surface area contributed by atoms with E-state index in [0.717, 1.165) is 22.4 Å². The number of aromatic nitrogens is 2. The molecule has 194 valence electrons. The molecule has 3 heterocycles. The van der Waals surface area contributed by atoms with Crippen LogP contribution in [0.5, 0.6) is 0 Å². The van der Waals surface area contributed by atoms with E-state index in [2.05, 4.69) is 34.5 Å². The minimum Gasteiger partial charge on any atom is -0.507 e. The van der Waals surface area contributed by atoms with Crippen molar-refractivity contribution in [2.24, 2.45) is 0 Å². The molecule has 2 aromatic heterocycles. The zero-order valence-electron chi connectivity index (χ0n) is 20.5. The van der Waals surface area contributed by atoms with E-state index in [1.54, 1.807) is 19.1 Å². The summed E-state index contributed by atoms with van der Waals surface area (Å²) in [4.78, 5) is 28.5. The summed E-state index contributed by atoms with van der Waals surface area (Å²) in [5.74, 6) is -1.96. The number of thioether (sulfide) groups is 1. The highest BCUT2D eigenvalue weighted by Crippen LogP contribution is 2.45. The minimum absolute atomic E-state index is 0.106. The second kappa shape index (κ2) is 10.4. The number of rotatable bonds is 6. The first-order valence-corrected chi connectivity index (χ1v) is 14.6. The topological polar surface area (TPSA) is 83.4 Å². The van der Waals surface area contributed by atoms with E-state index < -0.39 is 29.3 Å². The number of nitrogens with zero attached hydrogens (tertiary/aromatic N) is 3. The number of halogens is 1. The summed E-state index contributed by atoms with van der Waals surface area (Å²) in [6.45, 7) is 1.61. The van der Waals surface area contributed by atoms with Crippen molar-refractivity contribution in [3.05, 3.63) is 111 Å². The molecule has 1 unspecified atom stereocenters. The fraction of sp³-hybridized carbons (Fsp3) is 0.103. The SMILES string of the molecule is Cc1ccc(/C(O)=C2\C(=O)C(=O)N(c3nnc(SCc4cccc5ccccc45)s3)C2c2cccs2)cc1F. The predicted octanol–water partition coefficient (Wildman–Crippen LogP) is 7.12. The standard InChI is InChI=1S/C29H20FN3O3S3/c1-16-11-12-18(14-21(16)30)25(34)23-24(22-10-5-13-37-22)33(27(36)26(23)35)28-31-32-29(39-28)38-15-19-8-4-7-17-6-2-3-9-20(17)19/h2-14,24,34H,15H2,1H3/b25-23+. The van der Waals surface area contributed by atoms with Crippen LogP contribution in [-0.2, 0) is 15.3 Å². The number of thiophene rings is 1. The van der Waals surface area contributed by atoms with Gasteiger partial charge in [-0.3, -0.25) is 14.5 Å². The average molecular weight is 574 g/mol. The third kappa shape index (κ3) is 4.64. The molecule has 1 fully saturated rings. The van der Waals surface area contributed by atoms with E-state index in [1.807, 2.05) is 23.6 Å². The summed E-state index contributed by atoms with van der Waals surface area (Å²) in [5, 5.41) is 24.1. The van der Waals surface area contributed by atoms with Crippen molar-refractivity contribution >= 4 is 67.8 Å². The summed E-state index contributed by atoms with van der Waals surface area (Å²) in [7, 11) is 0. The molecule has 3 aromatic carbocycles. The number of anilines is 1. The molecule has 1 N–H and O–H groups in total. The molecular formula is C29H20FN3O3S3. The Kier molecular flexibility index (Phi) is 6.76. The van der Waals surface area contributed by atoms with Crippen LogP contribution in [-0.4, -0.2) is 27.0 Å². The van der Waals surface area contributed by atoms with Crippen LogP contribution < -0.4 is 4.90 Å². The maximum Gasteiger partial charge on any atom is 0.301 e. The lowest BCUT2D eigenvalue weighted by molar-refractivity contribution is -0.132. The molecular weight excluding hydrogens is 554 g/mol. The Morgan fingerprint density at radius 2 is 1.87 bits per heavy atom. The van der Waals surface area contributed by atoms with Crippen molar-refractivity contribution in [2.75, 3.05) is 4.90 Å². The number of benzene rings is 3. The van der Waals surface area contributed by atoms with Crippen LogP contribution in [0.15, 0.2) is 88.1 Å². The van der Waals surface area contributed by atoms with Crippen molar-refractivity contribution in [3.8, 4) is 0 Å². The molecule has 39 heavy (non-hydrogen) atoms. The van der Waals surface area contributed by atoms with Gasteiger partial charge in [0.1, 0.15) is 17.6 Å². The molecule has 0 saturated carbocycles. The van der Waals surface area contributed by atoms with Gasteiger partial charge < -0.3 is 5.11 Å². The van der Waals surface area contributed by atoms with Crippen LogP contribution in [0.25, 0.3) is 16.5 Å². The monoisotopic (exact) mass is 573 g/mol. The third-order valence-electron chi connectivity index (χ3n) is 6.54.